The molecule has 2 aromatic rings. The van der Waals surface area contributed by atoms with Crippen molar-refractivity contribution in [3.8, 4) is 0 Å². The van der Waals surface area contributed by atoms with E-state index in [9.17, 15) is 23.2 Å². The molecule has 0 unspecified atom stereocenters. The number of rotatable bonds is 3. The first kappa shape index (κ1) is 18.4. The van der Waals surface area contributed by atoms with Gasteiger partial charge in [0.1, 0.15) is 5.76 Å². The SMILES string of the molecule is CO/C(=C1\C(=O)N(C(C)=O)c2ccc(C(C)=O)cc21)c1ccc(F)c(F)c1. The molecule has 1 heterocycles. The molecule has 0 aromatic heterocycles. The summed E-state index contributed by atoms with van der Waals surface area (Å²) in [5.74, 6) is -3.58. The third-order valence-electron chi connectivity index (χ3n) is 4.26. The van der Waals surface area contributed by atoms with Crippen LogP contribution >= 0.6 is 0 Å². The van der Waals surface area contributed by atoms with Gasteiger partial charge in [0.05, 0.1) is 18.4 Å². The van der Waals surface area contributed by atoms with Gasteiger partial charge in [-0.15, -0.1) is 0 Å². The maximum atomic E-state index is 13.7. The highest BCUT2D eigenvalue weighted by molar-refractivity contribution is 6.43. The number of nitrogens with zero attached hydrogens (tertiary/aromatic N) is 1. The quantitative estimate of drug-likeness (QED) is 0.470. The molecule has 2 aromatic carbocycles. The van der Waals surface area contributed by atoms with Crippen LogP contribution in [0.3, 0.4) is 0 Å². The average Bonchev–Trinajstić information content (AvgIpc) is 2.90. The zero-order chi connectivity index (χ0) is 19.9. The first-order valence-electron chi connectivity index (χ1n) is 8.00. The molecule has 7 heteroatoms. The van der Waals surface area contributed by atoms with Crippen LogP contribution in [0, 0.1) is 11.6 Å². The number of hydrogen-bond donors (Lipinski definition) is 0. The molecular formula is C20H15F2NO4. The molecule has 0 saturated carbocycles. The Kier molecular flexibility index (Phi) is 4.61. The van der Waals surface area contributed by atoms with Gasteiger partial charge in [0.15, 0.2) is 17.4 Å². The Labute approximate surface area is 153 Å². The lowest BCUT2D eigenvalue weighted by atomic mass is 9.99. The number of halogens is 2. The van der Waals surface area contributed by atoms with Crippen LogP contribution in [0.15, 0.2) is 36.4 Å². The number of imide groups is 1. The predicted octanol–water partition coefficient (Wildman–Crippen LogP) is 3.58. The Hall–Kier alpha value is -3.35. The smallest absolute Gasteiger partial charge is 0.269 e. The van der Waals surface area contributed by atoms with Crippen LogP contribution in [0.2, 0.25) is 0 Å². The van der Waals surface area contributed by atoms with Crippen molar-refractivity contribution in [3.63, 3.8) is 0 Å². The highest BCUT2D eigenvalue weighted by Gasteiger charge is 2.38. The zero-order valence-corrected chi connectivity index (χ0v) is 14.8. The predicted molar refractivity (Wildman–Crippen MR) is 94.8 cm³/mol. The van der Waals surface area contributed by atoms with Crippen LogP contribution in [-0.4, -0.2) is 24.7 Å². The normalized spacial score (nSPS) is 14.9. The second-order valence-corrected chi connectivity index (χ2v) is 5.98. The third-order valence-corrected chi connectivity index (χ3v) is 4.26. The molecule has 1 aliphatic heterocycles. The van der Waals surface area contributed by atoms with E-state index < -0.39 is 23.4 Å². The molecule has 3 rings (SSSR count). The van der Waals surface area contributed by atoms with E-state index >= 15 is 0 Å². The molecule has 2 amide bonds. The average molecular weight is 371 g/mol. The fraction of sp³-hybridized carbons (Fsp3) is 0.150. The van der Waals surface area contributed by atoms with Crippen molar-refractivity contribution >= 4 is 34.6 Å². The summed E-state index contributed by atoms with van der Waals surface area (Å²) >= 11 is 0. The van der Waals surface area contributed by atoms with Crippen LogP contribution < -0.4 is 4.90 Å². The van der Waals surface area contributed by atoms with E-state index in [1.807, 2.05) is 0 Å². The second-order valence-electron chi connectivity index (χ2n) is 5.98. The topological polar surface area (TPSA) is 63.7 Å². The van der Waals surface area contributed by atoms with Crippen LogP contribution in [-0.2, 0) is 14.3 Å². The number of hydrogen-bond acceptors (Lipinski definition) is 4. The molecule has 138 valence electrons. The second kappa shape index (κ2) is 6.75. The molecule has 0 bridgehead atoms. The minimum absolute atomic E-state index is 0.00296. The number of carbonyl (C=O) groups is 3. The first-order chi connectivity index (χ1) is 12.8. The van der Waals surface area contributed by atoms with Gasteiger partial charge in [0, 0.05) is 23.6 Å². The number of methoxy groups -OCH3 is 1. The van der Waals surface area contributed by atoms with Crippen LogP contribution in [0.5, 0.6) is 0 Å². The summed E-state index contributed by atoms with van der Waals surface area (Å²) in [7, 11) is 1.28. The Balaban J connectivity index is 2.33. The number of benzene rings is 2. The molecule has 0 atom stereocenters. The van der Waals surface area contributed by atoms with Crippen molar-refractivity contribution in [2.24, 2.45) is 0 Å². The van der Waals surface area contributed by atoms with Crippen molar-refractivity contribution in [3.05, 3.63) is 64.7 Å². The minimum Gasteiger partial charge on any atom is -0.495 e. The van der Waals surface area contributed by atoms with Crippen LogP contribution in [0.1, 0.15) is 35.3 Å². The van der Waals surface area contributed by atoms with Crippen molar-refractivity contribution in [1.29, 1.82) is 0 Å². The van der Waals surface area contributed by atoms with E-state index in [-0.39, 0.29) is 22.7 Å². The van der Waals surface area contributed by atoms with Crippen LogP contribution in [0.25, 0.3) is 11.3 Å². The molecule has 27 heavy (non-hydrogen) atoms. The molecule has 0 spiro atoms. The van der Waals surface area contributed by atoms with Gasteiger partial charge in [-0.2, -0.15) is 0 Å². The van der Waals surface area contributed by atoms with Gasteiger partial charge in [-0.3, -0.25) is 14.4 Å². The van der Waals surface area contributed by atoms with E-state index in [1.54, 1.807) is 0 Å². The molecule has 0 radical (unpaired) electrons. The third kappa shape index (κ3) is 3.01. The number of ketones is 1. The van der Waals surface area contributed by atoms with Gasteiger partial charge in [-0.05, 0) is 43.3 Å². The highest BCUT2D eigenvalue weighted by atomic mass is 19.2. The number of carbonyl (C=O) groups excluding carboxylic acids is 3. The summed E-state index contributed by atoms with van der Waals surface area (Å²) in [6.07, 6.45) is 0. The lowest BCUT2D eigenvalue weighted by Gasteiger charge is -2.13. The van der Waals surface area contributed by atoms with Crippen molar-refractivity contribution in [1.82, 2.24) is 0 Å². The Morgan fingerprint density at radius 2 is 1.63 bits per heavy atom. The lowest BCUT2D eigenvalue weighted by molar-refractivity contribution is -0.122. The van der Waals surface area contributed by atoms with E-state index in [0.717, 1.165) is 17.0 Å². The number of Topliss-reactive ketones (excluding diaryl/α,β-unsaturated/α-hetero) is 1. The van der Waals surface area contributed by atoms with Crippen LogP contribution in [0.4, 0.5) is 14.5 Å². The van der Waals surface area contributed by atoms with E-state index in [2.05, 4.69) is 0 Å². The molecule has 0 aliphatic carbocycles. The monoisotopic (exact) mass is 371 g/mol. The van der Waals surface area contributed by atoms with Gasteiger partial charge in [0.2, 0.25) is 5.91 Å². The number of amides is 2. The van der Waals surface area contributed by atoms with Crippen molar-refractivity contribution in [2.45, 2.75) is 13.8 Å². The summed E-state index contributed by atoms with van der Waals surface area (Å²) in [5.41, 5.74) is 1.07. The molecule has 5 nitrogen and oxygen atoms in total. The van der Waals surface area contributed by atoms with Gasteiger partial charge >= 0.3 is 0 Å². The largest absolute Gasteiger partial charge is 0.495 e. The summed E-state index contributed by atoms with van der Waals surface area (Å²) in [5, 5.41) is 0. The number of fused-ring (bicyclic) bond motifs is 1. The molecule has 0 N–H and O–H groups in total. The van der Waals surface area contributed by atoms with Gasteiger partial charge in [-0.1, -0.05) is 0 Å². The first-order valence-corrected chi connectivity index (χ1v) is 8.00. The minimum atomic E-state index is -1.10. The van der Waals surface area contributed by atoms with Gasteiger partial charge in [-0.25, -0.2) is 13.7 Å². The summed E-state index contributed by atoms with van der Waals surface area (Å²) in [6, 6.07) is 7.57. The van der Waals surface area contributed by atoms with Crippen molar-refractivity contribution < 1.29 is 27.9 Å². The van der Waals surface area contributed by atoms with E-state index in [0.29, 0.717) is 16.8 Å². The number of ether oxygens (including phenoxy) is 1. The molecule has 0 saturated heterocycles. The standard InChI is InChI=1S/C20H15F2NO4/c1-10(24)12-5-7-17-14(8-12)18(20(26)23(17)11(2)25)19(27-3)13-4-6-15(21)16(22)9-13/h4-9H,1-3H3/b19-18-. The van der Waals surface area contributed by atoms with E-state index in [1.165, 1.54) is 45.2 Å². The van der Waals surface area contributed by atoms with Gasteiger partial charge < -0.3 is 4.74 Å². The maximum Gasteiger partial charge on any atom is 0.269 e. The Morgan fingerprint density at radius 1 is 0.963 bits per heavy atom. The Morgan fingerprint density at radius 3 is 2.19 bits per heavy atom. The Bertz CT molecular complexity index is 1030. The van der Waals surface area contributed by atoms with E-state index in [4.69, 9.17) is 4.74 Å². The zero-order valence-electron chi connectivity index (χ0n) is 14.8. The fourth-order valence-corrected chi connectivity index (χ4v) is 3.02. The fourth-order valence-electron chi connectivity index (χ4n) is 3.02. The highest BCUT2D eigenvalue weighted by Crippen LogP contribution is 2.41. The molecule has 0 fully saturated rings. The number of anilines is 1. The molecular weight excluding hydrogens is 356 g/mol. The summed E-state index contributed by atoms with van der Waals surface area (Å²) in [4.78, 5) is 37.6. The summed E-state index contributed by atoms with van der Waals surface area (Å²) < 4.78 is 32.3. The molecule has 1 aliphatic rings. The summed E-state index contributed by atoms with van der Waals surface area (Å²) in [6.45, 7) is 2.60. The van der Waals surface area contributed by atoms with Crippen molar-refractivity contribution in [2.75, 3.05) is 12.0 Å². The van der Waals surface area contributed by atoms with Gasteiger partial charge in [0.25, 0.3) is 5.91 Å². The lowest BCUT2D eigenvalue weighted by Crippen LogP contribution is -2.31. The maximum absolute atomic E-state index is 13.7.